The molecule has 0 aliphatic rings. The first-order valence-corrected chi connectivity index (χ1v) is 2.65. The molecule has 0 unspecified atom stereocenters. The average molecular weight is 112 g/mol. The number of hydrogen-bond donors (Lipinski definition) is 1. The summed E-state index contributed by atoms with van der Waals surface area (Å²) in [6.07, 6.45) is 5.57. The zero-order valence-electron chi connectivity index (χ0n) is 4.91. The second kappa shape index (κ2) is 1.86. The van der Waals surface area contributed by atoms with E-state index in [1.54, 1.807) is 0 Å². The molecule has 3 nitrogen and oxygen atoms in total. The minimum absolute atomic E-state index is 0.976. The van der Waals surface area contributed by atoms with Crippen LogP contribution in [0.5, 0.6) is 0 Å². The Hall–Kier alpha value is -0.990. The average Bonchev–Trinajstić information content (AvgIpc) is 2.14. The molecule has 0 aliphatic heterocycles. The smallest absolute Gasteiger partial charge is 0.266 e. The van der Waals surface area contributed by atoms with Crippen LogP contribution in [-0.2, 0) is 6.54 Å². The number of imidazole rings is 1. The summed E-state index contributed by atoms with van der Waals surface area (Å²) >= 11 is 0. The summed E-state index contributed by atoms with van der Waals surface area (Å²) in [7, 11) is 0. The molecule has 8 heavy (non-hydrogen) atoms. The van der Waals surface area contributed by atoms with Crippen molar-refractivity contribution in [3.05, 3.63) is 18.7 Å². The minimum atomic E-state index is 0.976. The topological polar surface area (TPSA) is 34.8 Å². The van der Waals surface area contributed by atoms with Crippen molar-refractivity contribution in [2.24, 2.45) is 0 Å². The summed E-state index contributed by atoms with van der Waals surface area (Å²) in [4.78, 5) is 0. The Morgan fingerprint density at radius 2 is 2.50 bits per heavy atom. The molecule has 0 radical (unpaired) electrons. The highest BCUT2D eigenvalue weighted by Gasteiger charge is 1.93. The van der Waals surface area contributed by atoms with Crippen molar-refractivity contribution in [2.45, 2.75) is 13.5 Å². The van der Waals surface area contributed by atoms with Crippen LogP contribution in [0.4, 0.5) is 0 Å². The molecule has 0 aliphatic carbocycles. The number of rotatable bonds is 1. The summed E-state index contributed by atoms with van der Waals surface area (Å²) < 4.78 is 3.53. The Morgan fingerprint density at radius 3 is 2.75 bits per heavy atom. The maximum atomic E-state index is 5.35. The van der Waals surface area contributed by atoms with Gasteiger partial charge in [-0.05, 0) is 6.92 Å². The summed E-state index contributed by atoms with van der Waals surface area (Å²) in [5, 5.41) is 0. The number of nitrogen functional groups attached to an aromatic ring is 1. The van der Waals surface area contributed by atoms with Gasteiger partial charge < -0.3 is 0 Å². The monoisotopic (exact) mass is 112 g/mol. The molecule has 1 aromatic rings. The molecule has 0 amide bonds. The molecule has 3 heteroatoms. The van der Waals surface area contributed by atoms with Crippen molar-refractivity contribution >= 4 is 0 Å². The molecule has 0 atom stereocenters. The standard InChI is InChI=1S/C5H10N3/c1-2-7-3-4-8(6)5-7/h3-5H,2,6H2,1H3/q+1. The lowest BCUT2D eigenvalue weighted by Gasteiger charge is -1.80. The van der Waals surface area contributed by atoms with Gasteiger partial charge in [0, 0.05) is 0 Å². The lowest BCUT2D eigenvalue weighted by Crippen LogP contribution is -2.29. The molecular formula is C5H10N3+. The highest BCUT2D eigenvalue weighted by Crippen LogP contribution is 1.71. The lowest BCUT2D eigenvalue weighted by molar-refractivity contribution is -0.692. The molecule has 0 fully saturated rings. The van der Waals surface area contributed by atoms with Crippen molar-refractivity contribution in [3.63, 3.8) is 0 Å². The summed E-state index contributed by atoms with van der Waals surface area (Å²) in [5.74, 6) is 5.35. The zero-order chi connectivity index (χ0) is 5.98. The summed E-state index contributed by atoms with van der Waals surface area (Å²) in [6.45, 7) is 3.05. The van der Waals surface area contributed by atoms with Gasteiger partial charge in [0.1, 0.15) is 6.20 Å². The fourth-order valence-corrected chi connectivity index (χ4v) is 0.598. The van der Waals surface area contributed by atoms with Gasteiger partial charge in [-0.3, -0.25) is 5.84 Å². The van der Waals surface area contributed by atoms with Gasteiger partial charge in [0.15, 0.2) is 6.20 Å². The molecule has 2 N–H and O–H groups in total. The molecule has 1 aromatic heterocycles. The molecule has 0 saturated carbocycles. The van der Waals surface area contributed by atoms with Gasteiger partial charge in [-0.15, -0.1) is 4.68 Å². The first-order valence-electron chi connectivity index (χ1n) is 2.65. The Kier molecular flexibility index (Phi) is 1.20. The Labute approximate surface area is 48.3 Å². The van der Waals surface area contributed by atoms with Gasteiger partial charge >= 0.3 is 0 Å². The van der Waals surface area contributed by atoms with E-state index in [-0.39, 0.29) is 0 Å². The quantitative estimate of drug-likeness (QED) is 0.386. The number of aromatic nitrogens is 2. The largest absolute Gasteiger partial charge is 0.269 e. The van der Waals surface area contributed by atoms with E-state index in [1.807, 2.05) is 23.3 Å². The predicted molar refractivity (Wildman–Crippen MR) is 30.5 cm³/mol. The van der Waals surface area contributed by atoms with Gasteiger partial charge in [0.25, 0.3) is 6.33 Å². The molecule has 0 saturated heterocycles. The van der Waals surface area contributed by atoms with Crippen molar-refractivity contribution in [1.29, 1.82) is 0 Å². The van der Waals surface area contributed by atoms with E-state index in [2.05, 4.69) is 6.92 Å². The fourth-order valence-electron chi connectivity index (χ4n) is 0.598. The lowest BCUT2D eigenvalue weighted by atomic mass is 10.7. The van der Waals surface area contributed by atoms with Crippen LogP contribution in [0.1, 0.15) is 6.92 Å². The van der Waals surface area contributed by atoms with E-state index >= 15 is 0 Å². The van der Waals surface area contributed by atoms with Crippen molar-refractivity contribution < 1.29 is 4.57 Å². The van der Waals surface area contributed by atoms with Crippen LogP contribution in [0.3, 0.4) is 0 Å². The maximum absolute atomic E-state index is 5.35. The van der Waals surface area contributed by atoms with Crippen molar-refractivity contribution in [2.75, 3.05) is 5.84 Å². The Balaban J connectivity index is 2.84. The number of nitrogens with zero attached hydrogens (tertiary/aromatic N) is 2. The van der Waals surface area contributed by atoms with Gasteiger partial charge in [-0.25, -0.2) is 4.57 Å². The van der Waals surface area contributed by atoms with Crippen molar-refractivity contribution in [3.8, 4) is 0 Å². The van der Waals surface area contributed by atoms with Gasteiger partial charge in [-0.1, -0.05) is 0 Å². The van der Waals surface area contributed by atoms with Crippen LogP contribution >= 0.6 is 0 Å². The third-order valence-electron chi connectivity index (χ3n) is 1.08. The molecule has 1 heterocycles. The minimum Gasteiger partial charge on any atom is -0.269 e. The van der Waals surface area contributed by atoms with Gasteiger partial charge in [-0.2, -0.15) is 0 Å². The molecule has 44 valence electrons. The van der Waals surface area contributed by atoms with E-state index in [4.69, 9.17) is 5.84 Å². The summed E-state index contributed by atoms with van der Waals surface area (Å²) in [6, 6.07) is 0. The van der Waals surface area contributed by atoms with E-state index in [0.29, 0.717) is 0 Å². The Bertz CT molecular complexity index is 168. The van der Waals surface area contributed by atoms with E-state index in [1.165, 1.54) is 4.68 Å². The highest BCUT2D eigenvalue weighted by atomic mass is 15.3. The Morgan fingerprint density at radius 1 is 1.75 bits per heavy atom. The van der Waals surface area contributed by atoms with Crippen LogP contribution in [0.25, 0.3) is 0 Å². The van der Waals surface area contributed by atoms with Gasteiger partial charge in [0.2, 0.25) is 0 Å². The third kappa shape index (κ3) is 0.804. The number of nitrogens with two attached hydrogens (primary N) is 1. The van der Waals surface area contributed by atoms with Crippen molar-refractivity contribution in [1.82, 2.24) is 4.68 Å². The highest BCUT2D eigenvalue weighted by molar-refractivity contribution is 4.63. The molecule has 0 aromatic carbocycles. The second-order valence-corrected chi connectivity index (χ2v) is 1.69. The zero-order valence-corrected chi connectivity index (χ0v) is 4.91. The molecular weight excluding hydrogens is 102 g/mol. The first-order chi connectivity index (χ1) is 3.83. The second-order valence-electron chi connectivity index (χ2n) is 1.69. The number of hydrogen-bond acceptors (Lipinski definition) is 1. The van der Waals surface area contributed by atoms with Gasteiger partial charge in [0.05, 0.1) is 6.54 Å². The molecule has 1 rings (SSSR count). The van der Waals surface area contributed by atoms with Crippen LogP contribution in [0.2, 0.25) is 0 Å². The predicted octanol–water partition coefficient (Wildman–Crippen LogP) is -0.491. The van der Waals surface area contributed by atoms with Crippen LogP contribution < -0.4 is 10.4 Å². The van der Waals surface area contributed by atoms with Crippen LogP contribution in [0.15, 0.2) is 18.7 Å². The normalized spacial score (nSPS) is 9.62. The summed E-state index contributed by atoms with van der Waals surface area (Å²) in [5.41, 5.74) is 0. The first kappa shape index (κ1) is 5.15. The van der Waals surface area contributed by atoms with E-state index in [9.17, 15) is 0 Å². The van der Waals surface area contributed by atoms with E-state index in [0.717, 1.165) is 6.54 Å². The maximum Gasteiger partial charge on any atom is 0.266 e. The SMILES string of the molecule is CC[n+]1ccn(N)c1. The fraction of sp³-hybridized carbons (Fsp3) is 0.400. The van der Waals surface area contributed by atoms with Crippen LogP contribution in [0, 0.1) is 0 Å². The van der Waals surface area contributed by atoms with E-state index < -0.39 is 0 Å². The molecule has 0 bridgehead atoms. The van der Waals surface area contributed by atoms with Crippen LogP contribution in [-0.4, -0.2) is 4.68 Å². The number of aryl methyl sites for hydroxylation is 1. The molecule has 0 spiro atoms. The third-order valence-corrected chi connectivity index (χ3v) is 1.08.